The van der Waals surface area contributed by atoms with Gasteiger partial charge in [-0.3, -0.25) is 0 Å². The van der Waals surface area contributed by atoms with Gasteiger partial charge in [-0.2, -0.15) is 0 Å². The van der Waals surface area contributed by atoms with Crippen molar-refractivity contribution < 1.29 is 13.9 Å². The average molecular weight is 419 g/mol. The van der Waals surface area contributed by atoms with Gasteiger partial charge in [-0.05, 0) is 21.0 Å². The molecule has 1 aliphatic rings. The largest absolute Gasteiger partial charge is 0.381 e. The van der Waals surface area contributed by atoms with Crippen molar-refractivity contribution in [3.8, 4) is 0 Å². The van der Waals surface area contributed by atoms with E-state index in [4.69, 9.17) is 13.9 Å². The highest BCUT2D eigenvalue weighted by atomic mass is 28.4. The fourth-order valence-electron chi connectivity index (χ4n) is 4.08. The fourth-order valence-corrected chi connectivity index (χ4v) is 8.65. The van der Waals surface area contributed by atoms with E-state index in [9.17, 15) is 0 Å². The summed E-state index contributed by atoms with van der Waals surface area (Å²) in [5, 5.41) is 2.48. The molecule has 3 nitrogen and oxygen atoms in total. The van der Waals surface area contributed by atoms with Crippen LogP contribution in [0.1, 0.15) is 26.3 Å². The van der Waals surface area contributed by atoms with Gasteiger partial charge in [-0.25, -0.2) is 0 Å². The van der Waals surface area contributed by atoms with E-state index in [0.717, 1.165) is 0 Å². The van der Waals surface area contributed by atoms with Crippen LogP contribution in [0.5, 0.6) is 0 Å². The summed E-state index contributed by atoms with van der Waals surface area (Å²) in [4.78, 5) is 0. The van der Waals surface area contributed by atoms with Gasteiger partial charge in [0.05, 0.1) is 13.2 Å². The smallest absolute Gasteiger partial charge is 0.264 e. The Morgan fingerprint density at radius 2 is 1.27 bits per heavy atom. The van der Waals surface area contributed by atoms with Crippen molar-refractivity contribution in [3.05, 3.63) is 96.6 Å². The summed E-state index contributed by atoms with van der Waals surface area (Å²) in [7, 11) is -2.58. The average Bonchev–Trinajstić information content (AvgIpc) is 3.51. The van der Waals surface area contributed by atoms with Crippen molar-refractivity contribution in [1.29, 1.82) is 0 Å². The van der Waals surface area contributed by atoms with Crippen molar-refractivity contribution >= 4 is 18.7 Å². The van der Waals surface area contributed by atoms with E-state index in [1.165, 1.54) is 15.9 Å². The minimum Gasteiger partial charge on any atom is -0.381 e. The number of hydrogen-bond acceptors (Lipinski definition) is 3. The topological polar surface area (TPSA) is 31.0 Å². The molecular formula is C26H30O3Si. The Morgan fingerprint density at radius 3 is 1.77 bits per heavy atom. The van der Waals surface area contributed by atoms with E-state index in [1.807, 2.05) is 18.2 Å². The third-order valence-corrected chi connectivity index (χ3v) is 10.6. The van der Waals surface area contributed by atoms with Crippen LogP contribution in [0.4, 0.5) is 0 Å². The first kappa shape index (κ1) is 21.0. The zero-order valence-corrected chi connectivity index (χ0v) is 19.0. The fraction of sp³-hybridized carbons (Fsp3) is 0.308. The van der Waals surface area contributed by atoms with Gasteiger partial charge in [0.15, 0.2) is 6.29 Å². The van der Waals surface area contributed by atoms with E-state index >= 15 is 0 Å². The second kappa shape index (κ2) is 8.86. The van der Waals surface area contributed by atoms with Crippen LogP contribution >= 0.6 is 0 Å². The van der Waals surface area contributed by atoms with Gasteiger partial charge < -0.3 is 13.9 Å². The summed E-state index contributed by atoms with van der Waals surface area (Å²) in [5.74, 6) is 0. The third-order valence-electron chi connectivity index (χ3n) is 5.64. The molecule has 0 amide bonds. The molecule has 1 fully saturated rings. The number of rotatable bonds is 8. The highest BCUT2D eigenvalue weighted by Crippen LogP contribution is 2.40. The molecule has 4 rings (SSSR count). The maximum Gasteiger partial charge on any atom is 0.264 e. The lowest BCUT2D eigenvalue weighted by Crippen LogP contribution is -2.67. The quantitative estimate of drug-likeness (QED) is 0.398. The normalized spacial score (nSPS) is 18.9. The molecule has 2 atom stereocenters. The van der Waals surface area contributed by atoms with E-state index in [-0.39, 0.29) is 17.4 Å². The molecule has 0 unspecified atom stereocenters. The summed E-state index contributed by atoms with van der Waals surface area (Å²) >= 11 is 0. The number of epoxide rings is 1. The van der Waals surface area contributed by atoms with Crippen LogP contribution in [-0.4, -0.2) is 27.3 Å². The Hall–Kier alpha value is -2.24. The van der Waals surface area contributed by atoms with E-state index in [1.54, 1.807) is 0 Å². The molecule has 0 bridgehead atoms. The highest BCUT2D eigenvalue weighted by Gasteiger charge is 2.56. The maximum absolute atomic E-state index is 6.94. The molecule has 0 spiro atoms. The highest BCUT2D eigenvalue weighted by molar-refractivity contribution is 6.99. The summed E-state index contributed by atoms with van der Waals surface area (Å²) < 4.78 is 18.8. The second-order valence-electron chi connectivity index (χ2n) is 8.82. The van der Waals surface area contributed by atoms with Crippen molar-refractivity contribution in [2.75, 3.05) is 6.61 Å². The molecule has 0 saturated carbocycles. The molecule has 156 valence electrons. The lowest BCUT2D eigenvalue weighted by atomic mass is 10.2. The van der Waals surface area contributed by atoms with E-state index in [2.05, 4.69) is 93.6 Å². The van der Waals surface area contributed by atoms with Crippen molar-refractivity contribution in [1.82, 2.24) is 0 Å². The van der Waals surface area contributed by atoms with Crippen molar-refractivity contribution in [3.63, 3.8) is 0 Å². The van der Waals surface area contributed by atoms with Crippen LogP contribution in [0.25, 0.3) is 0 Å². The molecule has 1 aliphatic heterocycles. The standard InChI is InChI=1S/C26H30O3Si/c1-26(2,3)30(22-15-9-5-10-16-22,23-17-11-6-12-18-23)29-25-24(28-25)20-27-19-21-13-7-4-8-14-21/h4-18,24-25H,19-20H2,1-3H3/t24-,25+/m0/s1. The van der Waals surface area contributed by atoms with Crippen LogP contribution in [0.3, 0.4) is 0 Å². The van der Waals surface area contributed by atoms with Gasteiger partial charge in [-0.15, -0.1) is 0 Å². The van der Waals surface area contributed by atoms with Crippen LogP contribution in [-0.2, 0) is 20.5 Å². The van der Waals surface area contributed by atoms with Gasteiger partial charge in [0.2, 0.25) is 0 Å². The monoisotopic (exact) mass is 418 g/mol. The lowest BCUT2D eigenvalue weighted by Gasteiger charge is -2.42. The van der Waals surface area contributed by atoms with Crippen LogP contribution < -0.4 is 10.4 Å². The lowest BCUT2D eigenvalue weighted by molar-refractivity contribution is 0.104. The predicted molar refractivity (Wildman–Crippen MR) is 123 cm³/mol. The Bertz CT molecular complexity index is 883. The number of ether oxygens (including phenoxy) is 2. The van der Waals surface area contributed by atoms with E-state index in [0.29, 0.717) is 13.2 Å². The first-order valence-electron chi connectivity index (χ1n) is 10.6. The zero-order valence-electron chi connectivity index (χ0n) is 18.0. The molecule has 0 N–H and O–H groups in total. The molecule has 0 radical (unpaired) electrons. The van der Waals surface area contributed by atoms with Crippen LogP contribution in [0, 0.1) is 0 Å². The molecule has 0 aromatic heterocycles. The molecule has 4 heteroatoms. The molecule has 30 heavy (non-hydrogen) atoms. The predicted octanol–water partition coefficient (Wildman–Crippen LogP) is 4.50. The first-order chi connectivity index (χ1) is 14.5. The Morgan fingerprint density at radius 1 is 0.767 bits per heavy atom. The van der Waals surface area contributed by atoms with Gasteiger partial charge in [-0.1, -0.05) is 112 Å². The summed E-state index contributed by atoms with van der Waals surface area (Å²) in [5.41, 5.74) is 1.17. The molecule has 1 heterocycles. The SMILES string of the molecule is CC(C)(C)[Si](O[C@H]1O[C@H]1COCc1ccccc1)(c1ccccc1)c1ccccc1. The zero-order chi connectivity index (χ0) is 21.0. The molecule has 3 aromatic carbocycles. The maximum atomic E-state index is 6.94. The molecular weight excluding hydrogens is 388 g/mol. The van der Waals surface area contributed by atoms with Gasteiger partial charge in [0, 0.05) is 0 Å². The number of hydrogen-bond donors (Lipinski definition) is 0. The Balaban J connectivity index is 1.53. The summed E-state index contributed by atoms with van der Waals surface area (Å²) in [6.07, 6.45) is -0.248. The van der Waals surface area contributed by atoms with Crippen LogP contribution in [0.15, 0.2) is 91.0 Å². The molecule has 3 aromatic rings. The Labute approximate surface area is 180 Å². The Kier molecular flexibility index (Phi) is 6.20. The van der Waals surface area contributed by atoms with Crippen molar-refractivity contribution in [2.45, 2.75) is 44.8 Å². The molecule has 1 saturated heterocycles. The minimum atomic E-state index is -2.58. The van der Waals surface area contributed by atoms with Gasteiger partial charge >= 0.3 is 0 Å². The third kappa shape index (κ3) is 4.42. The van der Waals surface area contributed by atoms with Gasteiger partial charge in [0.25, 0.3) is 8.32 Å². The summed E-state index contributed by atoms with van der Waals surface area (Å²) in [6.45, 7) is 7.97. The minimum absolute atomic E-state index is 0.0182. The summed E-state index contributed by atoms with van der Waals surface area (Å²) in [6, 6.07) is 31.6. The first-order valence-corrected chi connectivity index (χ1v) is 12.5. The molecule has 0 aliphatic carbocycles. The van der Waals surface area contributed by atoms with Crippen molar-refractivity contribution in [2.24, 2.45) is 0 Å². The second-order valence-corrected chi connectivity index (χ2v) is 13.1. The van der Waals surface area contributed by atoms with E-state index < -0.39 is 8.32 Å². The number of benzene rings is 3. The van der Waals surface area contributed by atoms with Gasteiger partial charge in [0.1, 0.15) is 6.10 Å². The van der Waals surface area contributed by atoms with Crippen LogP contribution in [0.2, 0.25) is 5.04 Å².